The summed E-state index contributed by atoms with van der Waals surface area (Å²) in [4.78, 5) is 29.5. The number of nitrogens with one attached hydrogen (secondary N) is 2. The van der Waals surface area contributed by atoms with Crippen LogP contribution in [0.3, 0.4) is 0 Å². The van der Waals surface area contributed by atoms with Crippen molar-refractivity contribution in [2.75, 3.05) is 10.6 Å². The highest BCUT2D eigenvalue weighted by molar-refractivity contribution is 7.16. The Bertz CT molecular complexity index is 1100. The minimum absolute atomic E-state index is 0.0420. The summed E-state index contributed by atoms with van der Waals surface area (Å²) in [6.07, 6.45) is -0.542. The lowest BCUT2D eigenvalue weighted by molar-refractivity contribution is -0.122. The number of ether oxygens (including phenoxy) is 1. The van der Waals surface area contributed by atoms with Crippen molar-refractivity contribution in [3.05, 3.63) is 58.7 Å². The Balaban J connectivity index is 1.60. The van der Waals surface area contributed by atoms with E-state index in [1.165, 1.54) is 29.5 Å². The van der Waals surface area contributed by atoms with Crippen molar-refractivity contribution in [1.82, 2.24) is 4.98 Å². The summed E-state index contributed by atoms with van der Waals surface area (Å²) in [7, 11) is 0. The van der Waals surface area contributed by atoms with Crippen molar-refractivity contribution in [3.8, 4) is 17.0 Å². The molecule has 2 amide bonds. The van der Waals surface area contributed by atoms with E-state index in [0.29, 0.717) is 22.3 Å². The zero-order valence-electron chi connectivity index (χ0n) is 15.1. The molecule has 4 rings (SSSR count). The minimum atomic E-state index is -0.590. The Morgan fingerprint density at radius 3 is 2.86 bits per heavy atom. The molecule has 2 N–H and O–H groups in total. The summed E-state index contributed by atoms with van der Waals surface area (Å²) in [6, 6.07) is 11.2. The lowest BCUT2D eigenvalue weighted by Gasteiger charge is -2.23. The fourth-order valence-corrected chi connectivity index (χ4v) is 3.71. The summed E-state index contributed by atoms with van der Waals surface area (Å²) in [5, 5.41) is 5.81. The lowest BCUT2D eigenvalue weighted by Crippen LogP contribution is -2.34. The van der Waals surface area contributed by atoms with Crippen LogP contribution in [0.2, 0.25) is 0 Å². The number of aromatic nitrogens is 1. The van der Waals surface area contributed by atoms with Gasteiger partial charge in [0.25, 0.3) is 11.8 Å². The molecule has 1 aromatic heterocycles. The van der Waals surface area contributed by atoms with Crippen molar-refractivity contribution in [2.45, 2.75) is 20.0 Å². The van der Waals surface area contributed by atoms with Crippen molar-refractivity contribution in [2.24, 2.45) is 0 Å². The van der Waals surface area contributed by atoms with Gasteiger partial charge in [0.15, 0.2) is 11.2 Å². The third-order valence-corrected chi connectivity index (χ3v) is 5.21. The maximum Gasteiger partial charge on any atom is 0.265 e. The van der Waals surface area contributed by atoms with E-state index >= 15 is 0 Å². The van der Waals surface area contributed by atoms with E-state index in [9.17, 15) is 14.0 Å². The minimum Gasteiger partial charge on any atom is -0.479 e. The molecule has 0 fully saturated rings. The number of benzene rings is 2. The number of hydrogen-bond acceptors (Lipinski definition) is 5. The number of carbonyl (C=O) groups excluding carboxylic acids is 2. The molecule has 3 aromatic rings. The van der Waals surface area contributed by atoms with Crippen LogP contribution in [-0.4, -0.2) is 22.9 Å². The van der Waals surface area contributed by atoms with Crippen LogP contribution in [0.15, 0.2) is 42.5 Å². The van der Waals surface area contributed by atoms with E-state index in [2.05, 4.69) is 15.6 Å². The predicted octanol–water partition coefficient (Wildman–Crippen LogP) is 4.23. The molecule has 2 aromatic carbocycles. The van der Waals surface area contributed by atoms with Crippen molar-refractivity contribution in [3.63, 3.8) is 0 Å². The van der Waals surface area contributed by atoms with E-state index in [-0.39, 0.29) is 11.5 Å². The standard InChI is InChI=1S/C20H16FN3O3S/c1-10-18(25)22-15-9-12(7-8-16(15)27-10)17-11(2)28-20(23-17)24-19(26)13-5-3-4-6-14(13)21/h3-10H,1-2H3,(H,22,25)(H,23,24,26). The van der Waals surface area contributed by atoms with Crippen LogP contribution in [0.5, 0.6) is 5.75 Å². The largest absolute Gasteiger partial charge is 0.479 e. The van der Waals surface area contributed by atoms with Gasteiger partial charge in [-0.05, 0) is 44.2 Å². The number of amides is 2. The van der Waals surface area contributed by atoms with Gasteiger partial charge in [0.05, 0.1) is 16.9 Å². The van der Waals surface area contributed by atoms with Gasteiger partial charge in [-0.3, -0.25) is 14.9 Å². The maximum atomic E-state index is 13.8. The van der Waals surface area contributed by atoms with Gasteiger partial charge >= 0.3 is 0 Å². The molecule has 0 radical (unpaired) electrons. The molecule has 0 aliphatic carbocycles. The molecule has 0 bridgehead atoms. The number of carbonyl (C=O) groups is 2. The normalized spacial score (nSPS) is 15.4. The predicted molar refractivity (Wildman–Crippen MR) is 105 cm³/mol. The van der Waals surface area contributed by atoms with Gasteiger partial charge in [-0.1, -0.05) is 12.1 Å². The van der Waals surface area contributed by atoms with Crippen LogP contribution in [0, 0.1) is 12.7 Å². The number of nitrogens with zero attached hydrogens (tertiary/aromatic N) is 1. The summed E-state index contributed by atoms with van der Waals surface area (Å²) in [5.74, 6) is -0.763. The van der Waals surface area contributed by atoms with Gasteiger partial charge in [-0.25, -0.2) is 9.37 Å². The van der Waals surface area contributed by atoms with E-state index < -0.39 is 17.8 Å². The van der Waals surface area contributed by atoms with Crippen molar-refractivity contribution < 1.29 is 18.7 Å². The van der Waals surface area contributed by atoms with E-state index in [1.54, 1.807) is 25.1 Å². The zero-order chi connectivity index (χ0) is 19.8. The smallest absolute Gasteiger partial charge is 0.265 e. The molecule has 28 heavy (non-hydrogen) atoms. The molecule has 0 saturated heterocycles. The molecule has 2 heterocycles. The average molecular weight is 397 g/mol. The first-order chi connectivity index (χ1) is 13.4. The summed E-state index contributed by atoms with van der Waals surface area (Å²) in [6.45, 7) is 3.56. The van der Waals surface area contributed by atoms with Crippen LogP contribution < -0.4 is 15.4 Å². The Morgan fingerprint density at radius 1 is 1.29 bits per heavy atom. The molecule has 1 aliphatic heterocycles. The van der Waals surface area contributed by atoms with Crippen LogP contribution in [0.1, 0.15) is 22.2 Å². The molecule has 8 heteroatoms. The molecular weight excluding hydrogens is 381 g/mol. The average Bonchev–Trinajstić information content (AvgIpc) is 3.02. The highest BCUT2D eigenvalue weighted by atomic mass is 32.1. The number of thiazole rings is 1. The molecule has 1 aliphatic rings. The molecular formula is C20H16FN3O3S. The quantitative estimate of drug-likeness (QED) is 0.693. The van der Waals surface area contributed by atoms with Crippen LogP contribution in [0.25, 0.3) is 11.3 Å². The molecule has 0 saturated carbocycles. The Labute approximate surface area is 164 Å². The molecule has 1 atom stereocenters. The zero-order valence-corrected chi connectivity index (χ0v) is 15.9. The fraction of sp³-hybridized carbons (Fsp3) is 0.150. The number of anilines is 2. The molecule has 0 spiro atoms. The van der Waals surface area contributed by atoms with Gasteiger partial charge in [-0.2, -0.15) is 0 Å². The van der Waals surface area contributed by atoms with Gasteiger partial charge in [0, 0.05) is 10.4 Å². The highest BCUT2D eigenvalue weighted by Crippen LogP contribution is 2.37. The van der Waals surface area contributed by atoms with Crippen molar-refractivity contribution in [1.29, 1.82) is 0 Å². The number of halogens is 1. The first-order valence-electron chi connectivity index (χ1n) is 8.57. The first-order valence-corrected chi connectivity index (χ1v) is 9.39. The second-order valence-corrected chi connectivity index (χ2v) is 7.52. The number of hydrogen-bond donors (Lipinski definition) is 2. The van der Waals surface area contributed by atoms with Crippen LogP contribution in [0.4, 0.5) is 15.2 Å². The number of fused-ring (bicyclic) bond motifs is 1. The van der Waals surface area contributed by atoms with E-state index in [4.69, 9.17) is 4.74 Å². The second-order valence-electron chi connectivity index (χ2n) is 6.32. The topological polar surface area (TPSA) is 80.3 Å². The SMILES string of the molecule is Cc1sc(NC(=O)c2ccccc2F)nc1-c1ccc2c(c1)NC(=O)C(C)O2. The fourth-order valence-electron chi connectivity index (χ4n) is 2.88. The number of rotatable bonds is 3. The molecule has 1 unspecified atom stereocenters. The summed E-state index contributed by atoms with van der Waals surface area (Å²) < 4.78 is 19.3. The first kappa shape index (κ1) is 18.1. The highest BCUT2D eigenvalue weighted by Gasteiger charge is 2.24. The molecule has 142 valence electrons. The molecule has 6 nitrogen and oxygen atoms in total. The number of aryl methyl sites for hydroxylation is 1. The van der Waals surface area contributed by atoms with Gasteiger partial charge in [0.1, 0.15) is 11.6 Å². The monoisotopic (exact) mass is 397 g/mol. The van der Waals surface area contributed by atoms with Gasteiger partial charge in [-0.15, -0.1) is 11.3 Å². The lowest BCUT2D eigenvalue weighted by atomic mass is 10.1. The third kappa shape index (κ3) is 3.34. The van der Waals surface area contributed by atoms with Gasteiger partial charge in [0.2, 0.25) is 0 Å². The van der Waals surface area contributed by atoms with E-state index in [1.807, 2.05) is 13.0 Å². The Morgan fingerprint density at radius 2 is 2.07 bits per heavy atom. The van der Waals surface area contributed by atoms with Crippen molar-refractivity contribution >= 4 is 34.0 Å². The Hall–Kier alpha value is -3.26. The van der Waals surface area contributed by atoms with Gasteiger partial charge < -0.3 is 10.1 Å². The van der Waals surface area contributed by atoms with Crippen LogP contribution in [-0.2, 0) is 4.79 Å². The van der Waals surface area contributed by atoms with E-state index in [0.717, 1.165) is 10.4 Å². The summed E-state index contributed by atoms with van der Waals surface area (Å²) in [5.41, 5.74) is 1.98. The third-order valence-electron chi connectivity index (χ3n) is 4.32. The van der Waals surface area contributed by atoms with Crippen LogP contribution >= 0.6 is 11.3 Å². The second kappa shape index (κ2) is 7.05. The Kier molecular flexibility index (Phi) is 4.56. The maximum absolute atomic E-state index is 13.8. The summed E-state index contributed by atoms with van der Waals surface area (Å²) >= 11 is 1.29.